The van der Waals surface area contributed by atoms with Gasteiger partial charge in [0.15, 0.2) is 0 Å². The maximum Gasteiger partial charge on any atom is 0.306 e. The molecule has 0 fully saturated rings. The van der Waals surface area contributed by atoms with Crippen molar-refractivity contribution in [2.24, 2.45) is 0 Å². The number of phosphoric ester groups is 1. The van der Waals surface area contributed by atoms with E-state index in [0.29, 0.717) is 24.1 Å². The van der Waals surface area contributed by atoms with Crippen LogP contribution in [0.4, 0.5) is 0 Å². The molecule has 0 saturated heterocycles. The smallest absolute Gasteiger partial charge is 0.306 e. The van der Waals surface area contributed by atoms with E-state index < -0.39 is 13.9 Å². The number of allylic oxidation sites excluding steroid dienone is 2. The second-order valence-electron chi connectivity index (χ2n) is 16.4. The minimum absolute atomic E-state index is 0.0290. The summed E-state index contributed by atoms with van der Waals surface area (Å²) in [6.07, 6.45) is 40.7. The number of likely N-dealkylation sites (N-methyl/N-ethyl adjacent to an activating group) is 1. The molecule has 0 rings (SSSR count). The predicted octanol–water partition coefficient (Wildman–Crippen LogP) is 12.4. The van der Waals surface area contributed by atoms with Crippen molar-refractivity contribution in [1.29, 1.82) is 0 Å². The quantitative estimate of drug-likeness (QED) is 0.0200. The number of ether oxygens (including phenoxy) is 2. The van der Waals surface area contributed by atoms with E-state index in [0.717, 1.165) is 32.1 Å². The van der Waals surface area contributed by atoms with E-state index in [1.165, 1.54) is 154 Å². The van der Waals surface area contributed by atoms with Gasteiger partial charge in [-0.1, -0.05) is 174 Å². The zero-order chi connectivity index (χ0) is 39.1. The van der Waals surface area contributed by atoms with Crippen LogP contribution in [-0.4, -0.2) is 70.7 Å². The second-order valence-corrected chi connectivity index (χ2v) is 17.8. The summed E-state index contributed by atoms with van der Waals surface area (Å²) in [5.41, 5.74) is 0. The summed E-state index contributed by atoms with van der Waals surface area (Å²) in [5, 5.41) is 0. The Balaban J connectivity index is 4.17. The normalized spacial score (nSPS) is 13.8. The summed E-state index contributed by atoms with van der Waals surface area (Å²) in [6.45, 7) is 5.44. The summed E-state index contributed by atoms with van der Waals surface area (Å²) < 4.78 is 34.6. The van der Waals surface area contributed by atoms with Crippen LogP contribution in [0.3, 0.4) is 0 Å². The maximum absolute atomic E-state index is 12.7. The van der Waals surface area contributed by atoms with Gasteiger partial charge in [0.25, 0.3) is 7.82 Å². The second kappa shape index (κ2) is 38.1. The van der Waals surface area contributed by atoms with E-state index >= 15 is 0 Å². The highest BCUT2D eigenvalue weighted by atomic mass is 31.2. The van der Waals surface area contributed by atoms with Gasteiger partial charge < -0.3 is 27.9 Å². The van der Waals surface area contributed by atoms with Gasteiger partial charge in [-0.15, -0.1) is 0 Å². The number of esters is 1. The predicted molar refractivity (Wildman–Crippen MR) is 222 cm³/mol. The molecule has 0 aliphatic rings. The van der Waals surface area contributed by atoms with Crippen molar-refractivity contribution >= 4 is 13.8 Å². The Labute approximate surface area is 329 Å². The molecule has 8 nitrogen and oxygen atoms in total. The van der Waals surface area contributed by atoms with E-state index in [9.17, 15) is 14.3 Å². The lowest BCUT2D eigenvalue weighted by Crippen LogP contribution is -2.37. The highest BCUT2D eigenvalue weighted by Gasteiger charge is 2.20. The van der Waals surface area contributed by atoms with E-state index in [-0.39, 0.29) is 25.8 Å². The number of carbonyl (C=O) groups is 1. The standard InChI is InChI=1S/C44H88NO7P/c1-6-8-10-12-14-16-18-20-21-22-23-24-25-26-27-29-31-33-35-37-44(46)52-43(42-51-53(47,48)50-40-38-45(3,4)5)41-49-39-36-34-32-30-28-19-17-15-13-11-9-7-2/h20-21,43H,6-19,22-42H2,1-5H3/b21-20-. The topological polar surface area (TPSA) is 94.1 Å². The molecule has 0 amide bonds. The Morgan fingerprint density at radius 1 is 0.566 bits per heavy atom. The molecule has 0 saturated carbocycles. The van der Waals surface area contributed by atoms with Crippen LogP contribution in [0, 0.1) is 0 Å². The summed E-state index contributed by atoms with van der Waals surface area (Å²) in [4.78, 5) is 25.0. The molecular formula is C44H88NO7P. The Kier molecular flexibility index (Phi) is 37.6. The average molecular weight is 774 g/mol. The monoisotopic (exact) mass is 774 g/mol. The lowest BCUT2D eigenvalue weighted by Gasteiger charge is -2.28. The van der Waals surface area contributed by atoms with Crippen LogP contribution in [0.1, 0.15) is 206 Å². The largest absolute Gasteiger partial charge is 0.756 e. The van der Waals surface area contributed by atoms with E-state index in [2.05, 4.69) is 26.0 Å². The number of hydrogen-bond donors (Lipinski definition) is 0. The lowest BCUT2D eigenvalue weighted by molar-refractivity contribution is -0.870. The average Bonchev–Trinajstić information content (AvgIpc) is 3.11. The van der Waals surface area contributed by atoms with Gasteiger partial charge in [-0.3, -0.25) is 9.36 Å². The van der Waals surface area contributed by atoms with Crippen LogP contribution < -0.4 is 4.89 Å². The molecule has 0 spiro atoms. The van der Waals surface area contributed by atoms with Gasteiger partial charge in [-0.25, -0.2) is 0 Å². The zero-order valence-corrected chi connectivity index (χ0v) is 36.6. The molecule has 9 heteroatoms. The number of unbranched alkanes of at least 4 members (excludes halogenated alkanes) is 26. The molecule has 2 unspecified atom stereocenters. The zero-order valence-electron chi connectivity index (χ0n) is 35.7. The summed E-state index contributed by atoms with van der Waals surface area (Å²) in [5.74, 6) is -0.333. The fraction of sp³-hybridized carbons (Fsp3) is 0.932. The molecule has 0 aliphatic carbocycles. The Morgan fingerprint density at radius 2 is 0.981 bits per heavy atom. The van der Waals surface area contributed by atoms with Gasteiger partial charge in [-0.2, -0.15) is 0 Å². The van der Waals surface area contributed by atoms with Gasteiger partial charge in [0.2, 0.25) is 0 Å². The van der Waals surface area contributed by atoms with Crippen LogP contribution in [0.2, 0.25) is 0 Å². The molecule has 0 aromatic carbocycles. The molecule has 53 heavy (non-hydrogen) atoms. The first-order valence-corrected chi connectivity index (χ1v) is 23.9. The third kappa shape index (κ3) is 42.2. The fourth-order valence-electron chi connectivity index (χ4n) is 6.31. The van der Waals surface area contributed by atoms with Crippen molar-refractivity contribution in [3.63, 3.8) is 0 Å². The van der Waals surface area contributed by atoms with Gasteiger partial charge in [0.1, 0.15) is 19.3 Å². The van der Waals surface area contributed by atoms with Crippen molar-refractivity contribution in [3.8, 4) is 0 Å². The van der Waals surface area contributed by atoms with Crippen molar-refractivity contribution in [2.45, 2.75) is 213 Å². The maximum atomic E-state index is 12.7. The van der Waals surface area contributed by atoms with Crippen molar-refractivity contribution in [1.82, 2.24) is 0 Å². The molecule has 0 bridgehead atoms. The lowest BCUT2D eigenvalue weighted by atomic mass is 10.1. The molecular weight excluding hydrogens is 685 g/mol. The fourth-order valence-corrected chi connectivity index (χ4v) is 7.03. The van der Waals surface area contributed by atoms with Crippen LogP contribution in [0.15, 0.2) is 12.2 Å². The molecule has 316 valence electrons. The Morgan fingerprint density at radius 3 is 1.43 bits per heavy atom. The molecule has 0 radical (unpaired) electrons. The SMILES string of the molecule is CCCCCCCC/C=C\CCCCCCCCCCCC(=O)OC(COCCCCCCCCCCCCCC)COP(=O)([O-])OCC[N+](C)(C)C. The number of carbonyl (C=O) groups excluding carboxylic acids is 1. The Hall–Kier alpha value is -0.760. The molecule has 0 aliphatic heterocycles. The first kappa shape index (κ1) is 52.2. The van der Waals surface area contributed by atoms with E-state index in [4.69, 9.17) is 18.5 Å². The minimum Gasteiger partial charge on any atom is -0.756 e. The highest BCUT2D eigenvalue weighted by molar-refractivity contribution is 7.45. The van der Waals surface area contributed by atoms with Crippen LogP contribution >= 0.6 is 7.82 Å². The molecule has 0 aromatic rings. The molecule has 0 N–H and O–H groups in total. The number of hydrogen-bond acceptors (Lipinski definition) is 7. The van der Waals surface area contributed by atoms with Crippen LogP contribution in [-0.2, 0) is 27.9 Å². The van der Waals surface area contributed by atoms with Gasteiger partial charge >= 0.3 is 5.97 Å². The summed E-state index contributed by atoms with van der Waals surface area (Å²) >= 11 is 0. The third-order valence-corrected chi connectivity index (χ3v) is 10.8. The van der Waals surface area contributed by atoms with Gasteiger partial charge in [-0.05, 0) is 38.5 Å². The van der Waals surface area contributed by atoms with E-state index in [1.54, 1.807) is 0 Å². The van der Waals surface area contributed by atoms with E-state index in [1.807, 2.05) is 21.1 Å². The van der Waals surface area contributed by atoms with Crippen LogP contribution in [0.5, 0.6) is 0 Å². The highest BCUT2D eigenvalue weighted by Crippen LogP contribution is 2.38. The minimum atomic E-state index is -4.52. The Bertz CT molecular complexity index is 863. The van der Waals surface area contributed by atoms with Gasteiger partial charge in [0, 0.05) is 13.0 Å². The number of phosphoric acid groups is 1. The first-order chi connectivity index (χ1) is 25.6. The third-order valence-electron chi connectivity index (χ3n) is 9.82. The number of rotatable bonds is 42. The first-order valence-electron chi connectivity index (χ1n) is 22.4. The number of nitrogens with zero attached hydrogens (tertiary/aromatic N) is 1. The summed E-state index contributed by atoms with van der Waals surface area (Å²) in [6, 6.07) is 0. The molecule has 0 heterocycles. The number of quaternary nitrogens is 1. The molecule has 2 atom stereocenters. The van der Waals surface area contributed by atoms with Crippen molar-refractivity contribution in [3.05, 3.63) is 12.2 Å². The molecule has 0 aromatic heterocycles. The van der Waals surface area contributed by atoms with Crippen molar-refractivity contribution in [2.75, 3.05) is 54.1 Å². The van der Waals surface area contributed by atoms with Crippen LogP contribution in [0.25, 0.3) is 0 Å². The summed E-state index contributed by atoms with van der Waals surface area (Å²) in [7, 11) is 1.37. The van der Waals surface area contributed by atoms with Crippen molar-refractivity contribution < 1.29 is 37.3 Å². The van der Waals surface area contributed by atoms with Gasteiger partial charge in [0.05, 0.1) is 34.4 Å².